The number of hydrogen-bond donors (Lipinski definition) is 2. The molecule has 0 fully saturated rings. The average molecular weight is 289 g/mol. The first-order valence-corrected chi connectivity index (χ1v) is 7.17. The maximum Gasteiger partial charge on any atom is 0.253 e. The van der Waals surface area contributed by atoms with Gasteiger partial charge < -0.3 is 10.6 Å². The van der Waals surface area contributed by atoms with Gasteiger partial charge in [0.1, 0.15) is 5.82 Å². The number of halogens is 1. The number of nitrogens with zero attached hydrogens (tertiary/aromatic N) is 1. The van der Waals surface area contributed by atoms with E-state index in [1.165, 1.54) is 12.1 Å². The van der Waals surface area contributed by atoms with Crippen LogP contribution in [-0.4, -0.2) is 30.5 Å². The molecule has 1 aromatic carbocycles. The molecule has 5 heteroatoms. The number of fused-ring (bicyclic) bond motifs is 1. The third-order valence-corrected chi connectivity index (χ3v) is 3.23. The molecule has 2 N–H and O–H groups in total. The number of aromatic nitrogens is 1. The summed E-state index contributed by atoms with van der Waals surface area (Å²) >= 11 is 0. The minimum absolute atomic E-state index is 0.149. The smallest absolute Gasteiger partial charge is 0.253 e. The van der Waals surface area contributed by atoms with Crippen molar-refractivity contribution in [1.82, 2.24) is 15.6 Å². The number of rotatable bonds is 6. The van der Waals surface area contributed by atoms with Crippen LogP contribution in [0.25, 0.3) is 10.9 Å². The number of nitrogens with one attached hydrogen (secondary N) is 2. The number of pyridine rings is 1. The number of amides is 1. The van der Waals surface area contributed by atoms with Crippen LogP contribution in [0.3, 0.4) is 0 Å². The Morgan fingerprint density at radius 1 is 1.24 bits per heavy atom. The molecule has 2 aromatic rings. The standard InChI is InChI=1S/C16H20FN3O/c1-3-6-18-7-8-19-16(21)14-9-12-4-5-13(17)10-15(12)20-11(14)2/h4-5,9-10,18H,3,6-8H2,1-2H3,(H,19,21). The molecule has 0 spiro atoms. The van der Waals surface area contributed by atoms with Crippen molar-refractivity contribution in [3.8, 4) is 0 Å². The largest absolute Gasteiger partial charge is 0.351 e. The summed E-state index contributed by atoms with van der Waals surface area (Å²) in [7, 11) is 0. The van der Waals surface area contributed by atoms with E-state index < -0.39 is 0 Å². The number of carbonyl (C=O) groups is 1. The van der Waals surface area contributed by atoms with Crippen LogP contribution in [-0.2, 0) is 0 Å². The highest BCUT2D eigenvalue weighted by molar-refractivity contribution is 5.98. The molecule has 0 atom stereocenters. The van der Waals surface area contributed by atoms with E-state index in [4.69, 9.17) is 0 Å². The second-order valence-electron chi connectivity index (χ2n) is 4.96. The van der Waals surface area contributed by atoms with E-state index in [0.29, 0.717) is 23.3 Å². The van der Waals surface area contributed by atoms with E-state index in [9.17, 15) is 9.18 Å². The predicted molar refractivity (Wildman–Crippen MR) is 81.9 cm³/mol. The summed E-state index contributed by atoms with van der Waals surface area (Å²) < 4.78 is 13.2. The van der Waals surface area contributed by atoms with Gasteiger partial charge in [-0.1, -0.05) is 6.92 Å². The average Bonchev–Trinajstić information content (AvgIpc) is 2.46. The molecule has 4 nitrogen and oxygen atoms in total. The van der Waals surface area contributed by atoms with Crippen molar-refractivity contribution in [3.05, 3.63) is 41.3 Å². The second-order valence-corrected chi connectivity index (χ2v) is 4.96. The predicted octanol–water partition coefficient (Wildman–Crippen LogP) is 2.41. The Labute approximate surface area is 123 Å². The Hall–Kier alpha value is -2.01. The molecule has 0 saturated carbocycles. The summed E-state index contributed by atoms with van der Waals surface area (Å²) in [6.07, 6.45) is 1.07. The van der Waals surface area contributed by atoms with E-state index in [1.807, 2.05) is 0 Å². The van der Waals surface area contributed by atoms with Crippen LogP contribution in [0.5, 0.6) is 0 Å². The van der Waals surface area contributed by atoms with Crippen LogP contribution in [0.1, 0.15) is 29.4 Å². The van der Waals surface area contributed by atoms with Gasteiger partial charge in [0.05, 0.1) is 16.8 Å². The maximum absolute atomic E-state index is 13.2. The highest BCUT2D eigenvalue weighted by Gasteiger charge is 2.11. The molecule has 2 rings (SSSR count). The van der Waals surface area contributed by atoms with Gasteiger partial charge in [0.2, 0.25) is 0 Å². The molecular formula is C16H20FN3O. The monoisotopic (exact) mass is 289 g/mol. The maximum atomic E-state index is 13.2. The lowest BCUT2D eigenvalue weighted by atomic mass is 10.1. The zero-order chi connectivity index (χ0) is 15.2. The molecule has 0 unspecified atom stereocenters. The topological polar surface area (TPSA) is 54.0 Å². The van der Waals surface area contributed by atoms with Crippen molar-refractivity contribution < 1.29 is 9.18 Å². The quantitative estimate of drug-likeness (QED) is 0.803. The second kappa shape index (κ2) is 7.13. The van der Waals surface area contributed by atoms with E-state index in [0.717, 1.165) is 24.9 Å². The fourth-order valence-electron chi connectivity index (χ4n) is 2.13. The lowest BCUT2D eigenvalue weighted by Gasteiger charge is -2.09. The molecule has 0 bridgehead atoms. The van der Waals surface area contributed by atoms with Crippen molar-refractivity contribution in [1.29, 1.82) is 0 Å². The summed E-state index contributed by atoms with van der Waals surface area (Å²) in [5.74, 6) is -0.474. The normalized spacial score (nSPS) is 10.8. The van der Waals surface area contributed by atoms with Crippen molar-refractivity contribution in [2.75, 3.05) is 19.6 Å². The van der Waals surface area contributed by atoms with Gasteiger partial charge >= 0.3 is 0 Å². The first kappa shape index (κ1) is 15.4. The zero-order valence-electron chi connectivity index (χ0n) is 12.4. The summed E-state index contributed by atoms with van der Waals surface area (Å²) in [4.78, 5) is 16.5. The van der Waals surface area contributed by atoms with Gasteiger partial charge in [-0.2, -0.15) is 0 Å². The third kappa shape index (κ3) is 3.98. The molecular weight excluding hydrogens is 269 g/mol. The first-order valence-electron chi connectivity index (χ1n) is 7.17. The SMILES string of the molecule is CCCNCCNC(=O)c1cc2ccc(F)cc2nc1C. The number of benzene rings is 1. The van der Waals surface area contributed by atoms with Crippen LogP contribution >= 0.6 is 0 Å². The summed E-state index contributed by atoms with van der Waals surface area (Å²) in [6, 6.07) is 6.14. The highest BCUT2D eigenvalue weighted by atomic mass is 19.1. The van der Waals surface area contributed by atoms with Crippen LogP contribution in [0, 0.1) is 12.7 Å². The number of hydrogen-bond acceptors (Lipinski definition) is 3. The lowest BCUT2D eigenvalue weighted by Crippen LogP contribution is -2.32. The van der Waals surface area contributed by atoms with E-state index in [-0.39, 0.29) is 11.7 Å². The lowest BCUT2D eigenvalue weighted by molar-refractivity contribution is 0.0953. The first-order chi connectivity index (χ1) is 10.1. The zero-order valence-corrected chi connectivity index (χ0v) is 12.4. The molecule has 0 saturated heterocycles. The van der Waals surface area contributed by atoms with E-state index in [2.05, 4.69) is 22.5 Å². The molecule has 0 radical (unpaired) electrons. The van der Waals surface area contributed by atoms with Gasteiger partial charge in [0.15, 0.2) is 0 Å². The molecule has 112 valence electrons. The van der Waals surface area contributed by atoms with Gasteiger partial charge in [-0.15, -0.1) is 0 Å². The van der Waals surface area contributed by atoms with Crippen LogP contribution in [0.15, 0.2) is 24.3 Å². The summed E-state index contributed by atoms with van der Waals surface area (Å²) in [6.45, 7) is 6.11. The molecule has 1 aromatic heterocycles. The molecule has 1 heterocycles. The third-order valence-electron chi connectivity index (χ3n) is 3.23. The molecule has 0 aliphatic rings. The van der Waals surface area contributed by atoms with Crippen LogP contribution in [0.4, 0.5) is 4.39 Å². The Morgan fingerprint density at radius 3 is 2.81 bits per heavy atom. The Bertz CT molecular complexity index is 643. The van der Waals surface area contributed by atoms with E-state index in [1.54, 1.807) is 19.1 Å². The molecule has 0 aliphatic heterocycles. The van der Waals surface area contributed by atoms with Gasteiger partial charge in [-0.3, -0.25) is 9.78 Å². The van der Waals surface area contributed by atoms with Crippen LogP contribution < -0.4 is 10.6 Å². The van der Waals surface area contributed by atoms with Crippen molar-refractivity contribution >= 4 is 16.8 Å². The van der Waals surface area contributed by atoms with Crippen molar-refractivity contribution in [3.63, 3.8) is 0 Å². The minimum Gasteiger partial charge on any atom is -0.351 e. The molecule has 21 heavy (non-hydrogen) atoms. The van der Waals surface area contributed by atoms with Crippen LogP contribution in [0.2, 0.25) is 0 Å². The van der Waals surface area contributed by atoms with Crippen molar-refractivity contribution in [2.45, 2.75) is 20.3 Å². The summed E-state index contributed by atoms with van der Waals surface area (Å²) in [5.41, 5.74) is 1.70. The number of aryl methyl sites for hydroxylation is 1. The van der Waals surface area contributed by atoms with Crippen molar-refractivity contribution in [2.24, 2.45) is 0 Å². The fraction of sp³-hybridized carbons (Fsp3) is 0.375. The highest BCUT2D eigenvalue weighted by Crippen LogP contribution is 2.17. The minimum atomic E-state index is -0.325. The fourth-order valence-corrected chi connectivity index (χ4v) is 2.13. The van der Waals surface area contributed by atoms with Gasteiger partial charge in [0.25, 0.3) is 5.91 Å². The number of carbonyl (C=O) groups excluding carboxylic acids is 1. The Balaban J connectivity index is 2.08. The molecule has 0 aliphatic carbocycles. The van der Waals surface area contributed by atoms with Gasteiger partial charge in [0, 0.05) is 24.5 Å². The van der Waals surface area contributed by atoms with Gasteiger partial charge in [-0.25, -0.2) is 4.39 Å². The van der Waals surface area contributed by atoms with Gasteiger partial charge in [-0.05, 0) is 38.1 Å². The van der Waals surface area contributed by atoms with E-state index >= 15 is 0 Å². The Morgan fingerprint density at radius 2 is 2.05 bits per heavy atom. The summed E-state index contributed by atoms with van der Waals surface area (Å²) in [5, 5.41) is 6.84. The molecule has 1 amide bonds. The Kier molecular flexibility index (Phi) is 5.22.